The minimum absolute atomic E-state index is 0.302. The van der Waals surface area contributed by atoms with Crippen LogP contribution in [0.1, 0.15) is 32.0 Å². The van der Waals surface area contributed by atoms with Gasteiger partial charge in [-0.3, -0.25) is 0 Å². The van der Waals surface area contributed by atoms with Gasteiger partial charge in [-0.2, -0.15) is 0 Å². The molecule has 0 aliphatic carbocycles. The molecule has 2 aromatic rings. The fourth-order valence-corrected chi connectivity index (χ4v) is 2.44. The van der Waals surface area contributed by atoms with Crippen LogP contribution in [0, 0.1) is 0 Å². The van der Waals surface area contributed by atoms with Crippen LogP contribution in [-0.4, -0.2) is 14.5 Å². The fraction of sp³-hybridized carbons (Fsp3) is 0.385. The number of rotatable bonds is 4. The minimum atomic E-state index is 0.302. The first-order valence-corrected chi connectivity index (χ1v) is 7.20. The van der Waals surface area contributed by atoms with Gasteiger partial charge in [0.05, 0.1) is 26.1 Å². The Morgan fingerprint density at radius 2 is 2.00 bits per heavy atom. The lowest BCUT2D eigenvalue weighted by Crippen LogP contribution is -2.13. The Hall–Kier alpha value is -0.840. The molecule has 0 amide bonds. The summed E-state index contributed by atoms with van der Waals surface area (Å²) in [6.07, 6.45) is 0.640. The largest absolute Gasteiger partial charge is 0.393 e. The number of imidazole rings is 1. The summed E-state index contributed by atoms with van der Waals surface area (Å²) in [5.74, 6) is 1.29. The van der Waals surface area contributed by atoms with Crippen molar-refractivity contribution in [3.05, 3.63) is 28.0 Å². The summed E-state index contributed by atoms with van der Waals surface area (Å²) in [5, 5.41) is 1.05. The van der Waals surface area contributed by atoms with Crippen molar-refractivity contribution in [3.8, 4) is 0 Å². The molecule has 0 unspecified atom stereocenters. The zero-order valence-electron chi connectivity index (χ0n) is 10.8. The van der Waals surface area contributed by atoms with E-state index in [1.54, 1.807) is 6.07 Å². The van der Waals surface area contributed by atoms with Crippen LogP contribution in [0.4, 0.5) is 0 Å². The molecule has 0 bridgehead atoms. The van der Waals surface area contributed by atoms with Gasteiger partial charge in [0, 0.05) is 18.9 Å². The molecule has 1 heterocycles. The average molecular weight is 316 g/mol. The first-order chi connectivity index (χ1) is 8.90. The highest BCUT2D eigenvalue weighted by Crippen LogP contribution is 2.30. The maximum atomic E-state index is 6.09. The van der Waals surface area contributed by atoms with Crippen molar-refractivity contribution in [1.29, 1.82) is 0 Å². The summed E-state index contributed by atoms with van der Waals surface area (Å²) in [5.41, 5.74) is 7.40. The van der Waals surface area contributed by atoms with Gasteiger partial charge in [0.25, 0.3) is 0 Å². The Morgan fingerprint density at radius 3 is 2.58 bits per heavy atom. The summed E-state index contributed by atoms with van der Waals surface area (Å²) in [6.45, 7) is 4.90. The first-order valence-electron chi connectivity index (χ1n) is 6.03. The third-order valence-corrected chi connectivity index (χ3v) is 3.84. The molecule has 2 rings (SSSR count). The second-order valence-corrected chi connectivity index (χ2v) is 6.09. The SMILES string of the molecule is CC(C)c1nc2cc(Cl)c(Cl)cc2n1CCC(N)=S. The number of benzene rings is 1. The Labute approximate surface area is 127 Å². The molecule has 0 atom stereocenters. The summed E-state index contributed by atoms with van der Waals surface area (Å²) in [7, 11) is 0. The molecule has 19 heavy (non-hydrogen) atoms. The maximum Gasteiger partial charge on any atom is 0.112 e. The van der Waals surface area contributed by atoms with E-state index >= 15 is 0 Å². The molecule has 1 aromatic heterocycles. The van der Waals surface area contributed by atoms with Gasteiger partial charge >= 0.3 is 0 Å². The molecule has 0 aliphatic heterocycles. The molecule has 3 nitrogen and oxygen atoms in total. The summed E-state index contributed by atoms with van der Waals surface area (Å²) in [6, 6.07) is 3.64. The molecular weight excluding hydrogens is 301 g/mol. The average Bonchev–Trinajstić information content (AvgIpc) is 2.65. The number of hydrogen-bond acceptors (Lipinski definition) is 2. The smallest absolute Gasteiger partial charge is 0.112 e. The van der Waals surface area contributed by atoms with E-state index in [-0.39, 0.29) is 0 Å². The van der Waals surface area contributed by atoms with Crippen LogP contribution >= 0.6 is 35.4 Å². The van der Waals surface area contributed by atoms with Gasteiger partial charge < -0.3 is 10.3 Å². The van der Waals surface area contributed by atoms with E-state index in [4.69, 9.17) is 41.2 Å². The molecule has 0 saturated carbocycles. The predicted octanol–water partition coefficient (Wildman–Crippen LogP) is 4.14. The molecule has 0 spiro atoms. The molecule has 6 heteroatoms. The molecule has 0 radical (unpaired) electrons. The quantitative estimate of drug-likeness (QED) is 0.862. The zero-order valence-corrected chi connectivity index (χ0v) is 13.1. The van der Waals surface area contributed by atoms with E-state index in [9.17, 15) is 0 Å². The van der Waals surface area contributed by atoms with Gasteiger partial charge in [0.15, 0.2) is 0 Å². The lowest BCUT2D eigenvalue weighted by atomic mass is 10.2. The highest BCUT2D eigenvalue weighted by Gasteiger charge is 2.15. The molecule has 102 valence electrons. The third-order valence-electron chi connectivity index (χ3n) is 2.92. The number of nitrogens with zero attached hydrogens (tertiary/aromatic N) is 2. The molecule has 0 aliphatic rings. The van der Waals surface area contributed by atoms with Crippen LogP contribution < -0.4 is 5.73 Å². The number of thiocarbonyl (C=S) groups is 1. The van der Waals surface area contributed by atoms with Gasteiger partial charge in [0.2, 0.25) is 0 Å². The van der Waals surface area contributed by atoms with Gasteiger partial charge in [-0.05, 0) is 12.1 Å². The highest BCUT2D eigenvalue weighted by atomic mass is 35.5. The molecule has 0 saturated heterocycles. The lowest BCUT2D eigenvalue weighted by Gasteiger charge is -2.11. The number of fused-ring (bicyclic) bond motifs is 1. The van der Waals surface area contributed by atoms with Crippen molar-refractivity contribution < 1.29 is 0 Å². The van der Waals surface area contributed by atoms with Crippen LogP contribution in [-0.2, 0) is 6.54 Å². The Bertz CT molecular complexity index is 634. The van der Waals surface area contributed by atoms with Crippen LogP contribution in [0.15, 0.2) is 12.1 Å². The van der Waals surface area contributed by atoms with Crippen molar-refractivity contribution in [2.75, 3.05) is 0 Å². The molecular formula is C13H15Cl2N3S. The number of aromatic nitrogens is 2. The predicted molar refractivity (Wildman–Crippen MR) is 85.2 cm³/mol. The van der Waals surface area contributed by atoms with Gasteiger partial charge in [-0.1, -0.05) is 49.3 Å². The molecule has 0 fully saturated rings. The van der Waals surface area contributed by atoms with E-state index in [0.29, 0.717) is 33.9 Å². The highest BCUT2D eigenvalue weighted by molar-refractivity contribution is 7.80. The fourth-order valence-electron chi connectivity index (χ4n) is 2.04. The second-order valence-electron chi connectivity index (χ2n) is 4.75. The minimum Gasteiger partial charge on any atom is -0.393 e. The summed E-state index contributed by atoms with van der Waals surface area (Å²) in [4.78, 5) is 5.12. The van der Waals surface area contributed by atoms with E-state index in [2.05, 4.69) is 23.4 Å². The van der Waals surface area contributed by atoms with Crippen LogP contribution in [0.2, 0.25) is 10.0 Å². The maximum absolute atomic E-state index is 6.09. The number of halogens is 2. The van der Waals surface area contributed by atoms with Gasteiger partial charge in [0.1, 0.15) is 5.82 Å². The Morgan fingerprint density at radius 1 is 1.37 bits per heavy atom. The number of nitrogens with two attached hydrogens (primary N) is 1. The number of hydrogen-bond donors (Lipinski definition) is 1. The Balaban J connectivity index is 2.58. The van der Waals surface area contributed by atoms with Crippen LogP contribution in [0.5, 0.6) is 0 Å². The van der Waals surface area contributed by atoms with E-state index < -0.39 is 0 Å². The van der Waals surface area contributed by atoms with E-state index in [0.717, 1.165) is 16.9 Å². The van der Waals surface area contributed by atoms with Crippen molar-refractivity contribution in [1.82, 2.24) is 9.55 Å². The van der Waals surface area contributed by atoms with Crippen molar-refractivity contribution in [3.63, 3.8) is 0 Å². The van der Waals surface area contributed by atoms with Crippen LogP contribution in [0.3, 0.4) is 0 Å². The van der Waals surface area contributed by atoms with Crippen molar-refractivity contribution in [2.45, 2.75) is 32.7 Å². The number of aryl methyl sites for hydroxylation is 1. The normalized spacial score (nSPS) is 11.4. The summed E-state index contributed by atoms with van der Waals surface area (Å²) < 4.78 is 2.11. The topological polar surface area (TPSA) is 43.8 Å². The first kappa shape index (κ1) is 14.6. The van der Waals surface area contributed by atoms with Gasteiger partial charge in [-0.15, -0.1) is 0 Å². The molecule has 2 N–H and O–H groups in total. The summed E-state index contributed by atoms with van der Waals surface area (Å²) >= 11 is 17.1. The van der Waals surface area contributed by atoms with E-state index in [1.807, 2.05) is 6.07 Å². The Kier molecular flexibility index (Phi) is 4.33. The monoisotopic (exact) mass is 315 g/mol. The van der Waals surface area contributed by atoms with E-state index in [1.165, 1.54) is 0 Å². The van der Waals surface area contributed by atoms with Crippen LogP contribution in [0.25, 0.3) is 11.0 Å². The standard InChI is InChI=1S/C13H15Cl2N3S/c1-7(2)13-17-10-5-8(14)9(15)6-11(10)18(13)4-3-12(16)19/h5-7H,3-4H2,1-2H3,(H2,16,19). The van der Waals surface area contributed by atoms with Crippen molar-refractivity contribution >= 4 is 51.4 Å². The third kappa shape index (κ3) is 3.02. The lowest BCUT2D eigenvalue weighted by molar-refractivity contribution is 0.649. The second kappa shape index (κ2) is 5.65. The van der Waals surface area contributed by atoms with Crippen molar-refractivity contribution in [2.24, 2.45) is 5.73 Å². The zero-order chi connectivity index (χ0) is 14.2. The molecule has 1 aromatic carbocycles. The van der Waals surface area contributed by atoms with Gasteiger partial charge in [-0.25, -0.2) is 4.98 Å².